The predicted molar refractivity (Wildman–Crippen MR) is 118 cm³/mol. The van der Waals surface area contributed by atoms with Gasteiger partial charge in [0.15, 0.2) is 9.75 Å². The SMILES string of the molecule is COc1cc(O)ccc1[C@H]1C2=CCn3c(=O)n(C)c(=O)n3[C@@H]2C[C@@]2(Cl)C(=O)N(C)C(=O)[C@@]12Cl. The van der Waals surface area contributed by atoms with Crippen molar-refractivity contribution in [1.82, 2.24) is 18.8 Å². The van der Waals surface area contributed by atoms with Crippen molar-refractivity contribution in [1.29, 1.82) is 0 Å². The van der Waals surface area contributed by atoms with Crippen LogP contribution in [0.1, 0.15) is 23.9 Å². The van der Waals surface area contributed by atoms with Crippen molar-refractivity contribution in [3.8, 4) is 11.5 Å². The highest BCUT2D eigenvalue weighted by molar-refractivity contribution is 6.53. The van der Waals surface area contributed by atoms with Crippen LogP contribution in [0.2, 0.25) is 0 Å². The monoisotopic (exact) mass is 494 g/mol. The summed E-state index contributed by atoms with van der Waals surface area (Å²) in [5.74, 6) is -2.18. The van der Waals surface area contributed by atoms with E-state index in [1.54, 1.807) is 12.1 Å². The highest BCUT2D eigenvalue weighted by Gasteiger charge is 2.75. The number of carbonyl (C=O) groups excluding carboxylic acids is 2. The lowest BCUT2D eigenvalue weighted by molar-refractivity contribution is -0.137. The van der Waals surface area contributed by atoms with Crippen LogP contribution in [-0.4, -0.2) is 59.7 Å². The van der Waals surface area contributed by atoms with E-state index in [1.165, 1.54) is 42.7 Å². The zero-order valence-corrected chi connectivity index (χ0v) is 19.4. The number of allylic oxidation sites excluding steroid dienone is 2. The molecule has 5 rings (SSSR count). The number of amides is 2. The summed E-state index contributed by atoms with van der Waals surface area (Å²) in [6.07, 6.45) is 1.57. The largest absolute Gasteiger partial charge is 0.508 e. The summed E-state index contributed by atoms with van der Waals surface area (Å²) in [6, 6.07) is 3.52. The molecule has 1 saturated heterocycles. The number of halogens is 2. The Hall–Kier alpha value is -2.98. The van der Waals surface area contributed by atoms with Crippen molar-refractivity contribution in [3.05, 3.63) is 56.4 Å². The fraction of sp³-hybridized carbons (Fsp3) is 0.429. The van der Waals surface area contributed by atoms with E-state index in [0.29, 0.717) is 11.1 Å². The van der Waals surface area contributed by atoms with Crippen molar-refractivity contribution in [2.75, 3.05) is 14.2 Å². The van der Waals surface area contributed by atoms with Gasteiger partial charge in [-0.1, -0.05) is 12.1 Å². The summed E-state index contributed by atoms with van der Waals surface area (Å²) < 4.78 is 8.98. The Morgan fingerprint density at radius 2 is 1.79 bits per heavy atom. The van der Waals surface area contributed by atoms with Crippen molar-refractivity contribution < 1.29 is 19.4 Å². The molecule has 1 aromatic heterocycles. The van der Waals surface area contributed by atoms with Gasteiger partial charge in [0, 0.05) is 38.1 Å². The Kier molecular flexibility index (Phi) is 4.48. The number of ether oxygens (including phenoxy) is 1. The molecule has 2 fully saturated rings. The fourth-order valence-corrected chi connectivity index (χ4v) is 6.39. The molecule has 1 aromatic carbocycles. The highest BCUT2D eigenvalue weighted by atomic mass is 35.5. The number of phenols is 1. The summed E-state index contributed by atoms with van der Waals surface area (Å²) in [7, 11) is 4.08. The first-order valence-electron chi connectivity index (χ1n) is 10.1. The number of hydrogen-bond acceptors (Lipinski definition) is 6. The minimum absolute atomic E-state index is 0.0673. The van der Waals surface area contributed by atoms with Gasteiger partial charge in [-0.15, -0.1) is 23.2 Å². The van der Waals surface area contributed by atoms with Gasteiger partial charge < -0.3 is 9.84 Å². The molecule has 0 unspecified atom stereocenters. The first-order valence-corrected chi connectivity index (χ1v) is 10.9. The van der Waals surface area contributed by atoms with Crippen LogP contribution in [0.25, 0.3) is 0 Å². The fourth-order valence-electron chi connectivity index (χ4n) is 5.40. The van der Waals surface area contributed by atoms with Crippen LogP contribution in [0.15, 0.2) is 39.4 Å². The van der Waals surface area contributed by atoms with Crippen molar-refractivity contribution >= 4 is 35.0 Å². The average molecular weight is 495 g/mol. The first kappa shape index (κ1) is 21.8. The van der Waals surface area contributed by atoms with Crippen LogP contribution < -0.4 is 16.1 Å². The van der Waals surface area contributed by atoms with Gasteiger partial charge in [-0.3, -0.25) is 14.5 Å². The van der Waals surface area contributed by atoms with Crippen LogP contribution in [0.5, 0.6) is 11.5 Å². The minimum Gasteiger partial charge on any atom is -0.508 e. The van der Waals surface area contributed by atoms with Crippen molar-refractivity contribution in [2.24, 2.45) is 7.05 Å². The highest BCUT2D eigenvalue weighted by Crippen LogP contribution is 2.64. The first-order chi connectivity index (χ1) is 15.5. The van der Waals surface area contributed by atoms with Gasteiger partial charge in [0.25, 0.3) is 11.8 Å². The lowest BCUT2D eigenvalue weighted by Crippen LogP contribution is -2.59. The Morgan fingerprint density at radius 1 is 1.09 bits per heavy atom. The van der Waals surface area contributed by atoms with Gasteiger partial charge in [-0.2, -0.15) is 0 Å². The Morgan fingerprint density at radius 3 is 2.45 bits per heavy atom. The molecule has 0 bridgehead atoms. The maximum atomic E-state index is 13.4. The molecule has 0 spiro atoms. The third kappa shape index (κ3) is 2.45. The van der Waals surface area contributed by atoms with E-state index in [9.17, 15) is 24.3 Å². The Labute approximate surface area is 197 Å². The molecule has 12 heteroatoms. The van der Waals surface area contributed by atoms with Crippen LogP contribution in [0.4, 0.5) is 0 Å². The number of likely N-dealkylation sites (tertiary alicyclic amines) is 1. The number of fused-ring (bicyclic) bond motifs is 4. The molecule has 1 saturated carbocycles. The van der Waals surface area contributed by atoms with Gasteiger partial charge >= 0.3 is 11.4 Å². The number of hydrogen-bond donors (Lipinski definition) is 1. The van der Waals surface area contributed by atoms with Crippen LogP contribution in [-0.2, 0) is 23.2 Å². The molecule has 1 N–H and O–H groups in total. The molecular weight excluding hydrogens is 475 g/mol. The third-order valence-electron chi connectivity index (χ3n) is 7.00. The molecule has 2 aromatic rings. The second-order valence-electron chi connectivity index (χ2n) is 8.52. The number of benzene rings is 1. The molecule has 0 radical (unpaired) electrons. The Bertz CT molecular complexity index is 1390. The third-order valence-corrected chi connectivity index (χ3v) is 8.41. The summed E-state index contributed by atoms with van der Waals surface area (Å²) in [5.41, 5.74) is -0.0947. The summed E-state index contributed by atoms with van der Waals surface area (Å²) in [5, 5.41) is 9.97. The van der Waals surface area contributed by atoms with Crippen LogP contribution >= 0.6 is 23.2 Å². The van der Waals surface area contributed by atoms with E-state index in [0.717, 1.165) is 9.47 Å². The number of imide groups is 1. The van der Waals surface area contributed by atoms with Gasteiger partial charge in [0.2, 0.25) is 0 Å². The second kappa shape index (κ2) is 6.77. The summed E-state index contributed by atoms with van der Waals surface area (Å²) >= 11 is 14.0. The number of rotatable bonds is 2. The number of alkyl halides is 2. The lowest BCUT2D eigenvalue weighted by atomic mass is 9.64. The molecule has 2 amide bonds. The van der Waals surface area contributed by atoms with E-state index >= 15 is 0 Å². The summed E-state index contributed by atoms with van der Waals surface area (Å²) in [4.78, 5) is 49.3. The Balaban J connectivity index is 1.85. The normalized spacial score (nSPS) is 30.6. The lowest BCUT2D eigenvalue weighted by Gasteiger charge is -2.49. The zero-order valence-electron chi connectivity index (χ0n) is 17.9. The molecule has 174 valence electrons. The standard InChI is InChI=1S/C21H20Cl2N4O6/c1-24-16(29)20(22)9-13-11(6-7-26-18(31)25(2)19(32)27(13)26)15(21(20,23)17(24)30)12-5-4-10(28)8-14(12)33-3/h4-6,8,13,15,28H,7,9H2,1-3H3/t13-,15-,20-,21+/m1/s1. The number of carbonyl (C=O) groups is 2. The molecule has 2 aliphatic heterocycles. The van der Waals surface area contributed by atoms with E-state index in [-0.39, 0.29) is 24.5 Å². The topological polar surface area (TPSA) is 116 Å². The smallest absolute Gasteiger partial charge is 0.347 e. The number of phenolic OH excluding ortho intramolecular Hbond substituents is 1. The number of nitrogens with zero attached hydrogens (tertiary/aromatic N) is 4. The molecule has 33 heavy (non-hydrogen) atoms. The van der Waals surface area contributed by atoms with Crippen molar-refractivity contribution in [2.45, 2.75) is 34.7 Å². The van der Waals surface area contributed by atoms with E-state index < -0.39 is 44.9 Å². The maximum Gasteiger partial charge on any atom is 0.347 e. The van der Waals surface area contributed by atoms with Gasteiger partial charge in [0.1, 0.15) is 11.5 Å². The quantitative estimate of drug-likeness (QED) is 0.373. The molecule has 1 aliphatic carbocycles. The predicted octanol–water partition coefficient (Wildman–Crippen LogP) is 0.685. The van der Waals surface area contributed by atoms with E-state index in [4.69, 9.17) is 27.9 Å². The number of aromatic nitrogens is 3. The molecule has 4 atom stereocenters. The van der Waals surface area contributed by atoms with E-state index in [2.05, 4.69) is 0 Å². The van der Waals surface area contributed by atoms with Crippen LogP contribution in [0.3, 0.4) is 0 Å². The second-order valence-corrected chi connectivity index (χ2v) is 9.76. The molecule has 3 heterocycles. The van der Waals surface area contributed by atoms with Crippen LogP contribution in [0, 0.1) is 0 Å². The van der Waals surface area contributed by atoms with Crippen molar-refractivity contribution in [3.63, 3.8) is 0 Å². The van der Waals surface area contributed by atoms with Gasteiger partial charge in [-0.05, 0) is 11.6 Å². The van der Waals surface area contributed by atoms with Gasteiger partial charge in [-0.25, -0.2) is 23.5 Å². The minimum atomic E-state index is -1.92. The molecular formula is C21H20Cl2N4O6. The zero-order chi connectivity index (χ0) is 24.0. The molecule has 10 nitrogen and oxygen atoms in total. The maximum absolute atomic E-state index is 13.4. The number of methoxy groups -OCH3 is 1. The average Bonchev–Trinajstić information content (AvgIpc) is 3.09. The van der Waals surface area contributed by atoms with E-state index in [1.807, 2.05) is 0 Å². The molecule has 3 aliphatic rings. The summed E-state index contributed by atoms with van der Waals surface area (Å²) in [6.45, 7) is 0.0673. The number of aromatic hydroxyl groups is 1. The van der Waals surface area contributed by atoms with Gasteiger partial charge in [0.05, 0.1) is 19.7 Å².